The molecule has 144 valence electrons. The van der Waals surface area contributed by atoms with Gasteiger partial charge in [0.25, 0.3) is 0 Å². The van der Waals surface area contributed by atoms with Crippen LogP contribution in [0.3, 0.4) is 0 Å². The van der Waals surface area contributed by atoms with Crippen LogP contribution < -0.4 is 5.32 Å². The smallest absolute Gasteiger partial charge is 0.138 e. The monoisotopic (exact) mass is 363 g/mol. The molecule has 0 bridgehead atoms. The molecule has 0 aliphatic heterocycles. The molecule has 1 N–H and O–H groups in total. The minimum absolute atomic E-state index is 0.0386. The third kappa shape index (κ3) is 4.52. The van der Waals surface area contributed by atoms with Gasteiger partial charge in [0, 0.05) is 17.7 Å². The topological polar surface area (TPSA) is 29.3 Å². The van der Waals surface area contributed by atoms with Gasteiger partial charge in [0.15, 0.2) is 0 Å². The molecule has 2 heterocycles. The van der Waals surface area contributed by atoms with E-state index in [9.17, 15) is 0 Å². The summed E-state index contributed by atoms with van der Waals surface area (Å²) >= 11 is 0. The molecule has 0 aliphatic carbocycles. The maximum absolute atomic E-state index is 5.01. The van der Waals surface area contributed by atoms with Crippen molar-refractivity contribution in [3.05, 3.63) is 65.5 Å². The standard InChI is InChI=1S/C24H33N3/c1-17-13-14-20-25-21(18(2)19-11-9-8-10-12-19)22(27(20)15-17)26-24(6,7)16-23(3,4)5/h8-15,18,26H,16H2,1-7H3/t18-/m0/s1. The zero-order valence-electron chi connectivity index (χ0n) is 17.8. The summed E-state index contributed by atoms with van der Waals surface area (Å²) < 4.78 is 2.22. The number of imidazole rings is 1. The number of fused-ring (bicyclic) bond motifs is 1. The van der Waals surface area contributed by atoms with Crippen LogP contribution in [0.15, 0.2) is 48.7 Å². The Morgan fingerprint density at radius 3 is 2.30 bits per heavy atom. The fraction of sp³-hybridized carbons (Fsp3) is 0.458. The number of rotatable bonds is 5. The first kappa shape index (κ1) is 19.5. The van der Waals surface area contributed by atoms with E-state index in [1.165, 1.54) is 11.1 Å². The van der Waals surface area contributed by atoms with E-state index in [4.69, 9.17) is 4.98 Å². The van der Waals surface area contributed by atoms with Crippen LogP contribution in [0.1, 0.15) is 70.7 Å². The maximum Gasteiger partial charge on any atom is 0.138 e. The minimum atomic E-state index is -0.0386. The number of aryl methyl sites for hydroxylation is 1. The Bertz CT molecular complexity index is 914. The van der Waals surface area contributed by atoms with E-state index in [0.29, 0.717) is 0 Å². The molecule has 0 amide bonds. The SMILES string of the molecule is Cc1ccc2nc([C@@H](C)c3ccccc3)c(NC(C)(C)CC(C)(C)C)n2c1. The van der Waals surface area contributed by atoms with Crippen molar-refractivity contribution in [2.45, 2.75) is 66.3 Å². The van der Waals surface area contributed by atoms with Gasteiger partial charge in [-0.2, -0.15) is 0 Å². The van der Waals surface area contributed by atoms with Crippen LogP contribution in [-0.4, -0.2) is 14.9 Å². The molecule has 0 spiro atoms. The summed E-state index contributed by atoms with van der Waals surface area (Å²) in [7, 11) is 0. The first-order valence-electron chi connectivity index (χ1n) is 9.87. The lowest BCUT2D eigenvalue weighted by Crippen LogP contribution is -2.36. The van der Waals surface area contributed by atoms with Crippen LogP contribution in [0.4, 0.5) is 5.82 Å². The first-order valence-corrected chi connectivity index (χ1v) is 9.87. The largest absolute Gasteiger partial charge is 0.365 e. The Morgan fingerprint density at radius 1 is 1.00 bits per heavy atom. The Hall–Kier alpha value is -2.29. The van der Waals surface area contributed by atoms with Crippen molar-refractivity contribution in [1.29, 1.82) is 0 Å². The number of aromatic nitrogens is 2. The highest BCUT2D eigenvalue weighted by Crippen LogP contribution is 2.35. The highest BCUT2D eigenvalue weighted by molar-refractivity contribution is 5.59. The van der Waals surface area contributed by atoms with Gasteiger partial charge in [-0.25, -0.2) is 4.98 Å². The molecule has 0 saturated heterocycles. The van der Waals surface area contributed by atoms with Crippen molar-refractivity contribution < 1.29 is 0 Å². The Labute approximate surface area is 163 Å². The third-order valence-electron chi connectivity index (χ3n) is 4.93. The van der Waals surface area contributed by atoms with Crippen molar-refractivity contribution in [2.75, 3.05) is 5.32 Å². The highest BCUT2D eigenvalue weighted by atomic mass is 15.2. The van der Waals surface area contributed by atoms with E-state index in [0.717, 1.165) is 23.6 Å². The maximum atomic E-state index is 5.01. The molecular formula is C24H33N3. The van der Waals surface area contributed by atoms with Gasteiger partial charge < -0.3 is 5.32 Å². The number of hydrogen-bond donors (Lipinski definition) is 1. The van der Waals surface area contributed by atoms with E-state index < -0.39 is 0 Å². The van der Waals surface area contributed by atoms with Crippen LogP contribution in [0.2, 0.25) is 0 Å². The molecular weight excluding hydrogens is 330 g/mol. The van der Waals surface area contributed by atoms with Gasteiger partial charge in [-0.3, -0.25) is 4.40 Å². The van der Waals surface area contributed by atoms with E-state index in [1.807, 2.05) is 0 Å². The van der Waals surface area contributed by atoms with E-state index in [2.05, 4.69) is 107 Å². The number of nitrogens with one attached hydrogen (secondary N) is 1. The highest BCUT2D eigenvalue weighted by Gasteiger charge is 2.29. The van der Waals surface area contributed by atoms with E-state index in [-0.39, 0.29) is 16.9 Å². The number of nitrogens with zero attached hydrogens (tertiary/aromatic N) is 2. The predicted molar refractivity (Wildman–Crippen MR) is 116 cm³/mol. The van der Waals surface area contributed by atoms with Crippen LogP contribution >= 0.6 is 0 Å². The van der Waals surface area contributed by atoms with Crippen molar-refractivity contribution in [3.8, 4) is 0 Å². The van der Waals surface area contributed by atoms with Gasteiger partial charge in [-0.05, 0) is 49.8 Å². The third-order valence-corrected chi connectivity index (χ3v) is 4.93. The van der Waals surface area contributed by atoms with Crippen molar-refractivity contribution >= 4 is 11.5 Å². The lowest BCUT2D eigenvalue weighted by Gasteiger charge is -2.34. The summed E-state index contributed by atoms with van der Waals surface area (Å²) in [4.78, 5) is 5.01. The second-order valence-electron chi connectivity index (χ2n) is 9.66. The average molecular weight is 364 g/mol. The lowest BCUT2D eigenvalue weighted by molar-refractivity contribution is 0.301. The predicted octanol–water partition coefficient (Wildman–Crippen LogP) is 6.42. The fourth-order valence-corrected chi connectivity index (χ4v) is 4.19. The molecule has 0 unspecified atom stereocenters. The molecule has 1 atom stereocenters. The van der Waals surface area contributed by atoms with Crippen molar-refractivity contribution in [1.82, 2.24) is 9.38 Å². The van der Waals surface area contributed by atoms with Gasteiger partial charge in [-0.15, -0.1) is 0 Å². The minimum Gasteiger partial charge on any atom is -0.365 e. The normalized spacial score (nSPS) is 13.7. The summed E-state index contributed by atoms with van der Waals surface area (Å²) in [5.74, 6) is 1.33. The van der Waals surface area contributed by atoms with Gasteiger partial charge in [0.2, 0.25) is 0 Å². The second kappa shape index (κ2) is 7.03. The summed E-state index contributed by atoms with van der Waals surface area (Å²) in [6.45, 7) is 15.8. The molecule has 3 rings (SSSR count). The number of pyridine rings is 1. The molecule has 2 aromatic heterocycles. The summed E-state index contributed by atoms with van der Waals surface area (Å²) in [5, 5.41) is 3.84. The zero-order chi connectivity index (χ0) is 19.8. The molecule has 3 aromatic rings. The van der Waals surface area contributed by atoms with Crippen molar-refractivity contribution in [3.63, 3.8) is 0 Å². The summed E-state index contributed by atoms with van der Waals surface area (Å²) in [5.41, 5.74) is 4.83. The summed E-state index contributed by atoms with van der Waals surface area (Å²) in [6, 6.07) is 14.9. The molecule has 0 radical (unpaired) electrons. The van der Waals surface area contributed by atoms with E-state index >= 15 is 0 Å². The quantitative estimate of drug-likeness (QED) is 0.566. The average Bonchev–Trinajstić information content (AvgIpc) is 2.90. The molecule has 3 nitrogen and oxygen atoms in total. The zero-order valence-corrected chi connectivity index (χ0v) is 17.8. The molecule has 27 heavy (non-hydrogen) atoms. The van der Waals surface area contributed by atoms with E-state index in [1.54, 1.807) is 0 Å². The van der Waals surface area contributed by atoms with Gasteiger partial charge in [0.05, 0.1) is 5.69 Å². The molecule has 0 saturated carbocycles. The van der Waals surface area contributed by atoms with Crippen molar-refractivity contribution in [2.24, 2.45) is 5.41 Å². The molecule has 1 aromatic carbocycles. The first-order chi connectivity index (χ1) is 12.6. The van der Waals surface area contributed by atoms with Crippen LogP contribution in [0, 0.1) is 12.3 Å². The lowest BCUT2D eigenvalue weighted by atomic mass is 9.81. The Balaban J connectivity index is 2.10. The van der Waals surface area contributed by atoms with Gasteiger partial charge in [0.1, 0.15) is 11.5 Å². The van der Waals surface area contributed by atoms with Gasteiger partial charge >= 0.3 is 0 Å². The Kier molecular flexibility index (Phi) is 5.07. The summed E-state index contributed by atoms with van der Waals surface area (Å²) in [6.07, 6.45) is 3.25. The van der Waals surface area contributed by atoms with Gasteiger partial charge in [-0.1, -0.05) is 64.1 Å². The van der Waals surface area contributed by atoms with Crippen LogP contribution in [0.25, 0.3) is 5.65 Å². The van der Waals surface area contributed by atoms with Crippen LogP contribution in [0.5, 0.6) is 0 Å². The Morgan fingerprint density at radius 2 is 1.67 bits per heavy atom. The van der Waals surface area contributed by atoms with Crippen LogP contribution in [-0.2, 0) is 0 Å². The number of hydrogen-bond acceptors (Lipinski definition) is 2. The molecule has 3 heteroatoms. The number of benzene rings is 1. The molecule has 0 fully saturated rings. The second-order valence-corrected chi connectivity index (χ2v) is 9.66. The fourth-order valence-electron chi connectivity index (χ4n) is 4.19. The molecule has 0 aliphatic rings. The number of anilines is 1.